The summed E-state index contributed by atoms with van der Waals surface area (Å²) in [4.78, 5) is 21.8. The first-order valence-electron chi connectivity index (χ1n) is 12.4. The summed E-state index contributed by atoms with van der Waals surface area (Å²) in [6, 6.07) is 13.6. The fourth-order valence-electron chi connectivity index (χ4n) is 5.26. The van der Waals surface area contributed by atoms with E-state index in [0.717, 1.165) is 63.2 Å². The first kappa shape index (κ1) is 22.8. The van der Waals surface area contributed by atoms with Crippen LogP contribution in [-0.4, -0.2) is 47.5 Å². The lowest BCUT2D eigenvalue weighted by Gasteiger charge is -2.36. The maximum absolute atomic E-state index is 12.6. The highest BCUT2D eigenvalue weighted by atomic mass is 16.2. The Balaban J connectivity index is 1.32. The molecule has 1 aromatic carbocycles. The quantitative estimate of drug-likeness (QED) is 0.651. The molecule has 0 spiro atoms. The van der Waals surface area contributed by atoms with E-state index in [2.05, 4.69) is 63.4 Å². The Morgan fingerprint density at radius 3 is 2.50 bits per heavy atom. The molecule has 4 rings (SSSR count). The van der Waals surface area contributed by atoms with Gasteiger partial charge in [0, 0.05) is 50.5 Å². The first-order valence-corrected chi connectivity index (χ1v) is 12.4. The molecule has 0 atom stereocenters. The van der Waals surface area contributed by atoms with E-state index in [0.29, 0.717) is 12.1 Å². The third-order valence-electron chi connectivity index (χ3n) is 7.08. The van der Waals surface area contributed by atoms with E-state index in [1.165, 1.54) is 30.4 Å². The molecule has 5 heteroatoms. The number of aromatic nitrogens is 1. The predicted octanol–water partition coefficient (Wildman–Crippen LogP) is 5.19. The molecule has 2 fully saturated rings. The topological polar surface area (TPSA) is 48.5 Å². The van der Waals surface area contributed by atoms with Crippen molar-refractivity contribution in [2.45, 2.75) is 77.3 Å². The minimum absolute atomic E-state index is 0.181. The zero-order valence-electron chi connectivity index (χ0n) is 19.7. The Morgan fingerprint density at radius 1 is 1.06 bits per heavy atom. The number of carbonyl (C=O) groups is 1. The van der Waals surface area contributed by atoms with Crippen LogP contribution >= 0.6 is 0 Å². The van der Waals surface area contributed by atoms with Crippen molar-refractivity contribution < 1.29 is 4.79 Å². The number of rotatable bonds is 7. The van der Waals surface area contributed by atoms with Crippen molar-refractivity contribution in [3.63, 3.8) is 0 Å². The van der Waals surface area contributed by atoms with Crippen LogP contribution in [0.4, 0.5) is 11.5 Å². The maximum Gasteiger partial charge on any atom is 0.224 e. The van der Waals surface area contributed by atoms with Gasteiger partial charge in [-0.15, -0.1) is 0 Å². The number of nitrogens with zero attached hydrogens (tertiary/aromatic N) is 3. The number of aryl methyl sites for hydroxylation is 1. The molecular formula is C27H38N4O. The van der Waals surface area contributed by atoms with Gasteiger partial charge in [-0.2, -0.15) is 0 Å². The molecule has 1 saturated carbocycles. The fraction of sp³-hybridized carbons (Fsp3) is 0.556. The van der Waals surface area contributed by atoms with Crippen molar-refractivity contribution in [1.29, 1.82) is 0 Å². The summed E-state index contributed by atoms with van der Waals surface area (Å²) < 4.78 is 0. The fourth-order valence-corrected chi connectivity index (χ4v) is 5.26. The average molecular weight is 435 g/mol. The van der Waals surface area contributed by atoms with Crippen LogP contribution in [0.5, 0.6) is 0 Å². The predicted molar refractivity (Wildman–Crippen MR) is 132 cm³/mol. The zero-order chi connectivity index (χ0) is 22.3. The lowest BCUT2D eigenvalue weighted by molar-refractivity contribution is -0.117. The number of amides is 1. The highest BCUT2D eigenvalue weighted by Crippen LogP contribution is 2.30. The number of nitrogens with one attached hydrogen (secondary N) is 1. The smallest absolute Gasteiger partial charge is 0.224 e. The van der Waals surface area contributed by atoms with Crippen molar-refractivity contribution in [2.24, 2.45) is 0 Å². The van der Waals surface area contributed by atoms with Gasteiger partial charge in [0.05, 0.1) is 0 Å². The molecule has 2 heterocycles. The Bertz CT molecular complexity index is 867. The van der Waals surface area contributed by atoms with Crippen LogP contribution in [0.25, 0.3) is 0 Å². The number of carbonyl (C=O) groups excluding carboxylic acids is 1. The van der Waals surface area contributed by atoms with E-state index in [1.54, 1.807) is 6.92 Å². The van der Waals surface area contributed by atoms with Crippen molar-refractivity contribution >= 4 is 17.4 Å². The molecule has 1 amide bonds. The summed E-state index contributed by atoms with van der Waals surface area (Å²) in [6.45, 7) is 7.04. The second-order valence-corrected chi connectivity index (χ2v) is 9.54. The summed E-state index contributed by atoms with van der Waals surface area (Å²) in [7, 11) is 0. The van der Waals surface area contributed by atoms with E-state index in [1.807, 2.05) is 6.20 Å². The summed E-state index contributed by atoms with van der Waals surface area (Å²) in [5.41, 5.74) is 3.63. The largest absolute Gasteiger partial charge is 0.367 e. The number of likely N-dealkylation sites (tertiary alicyclic amines) is 1. The third kappa shape index (κ3) is 5.89. The molecule has 1 N–H and O–H groups in total. The van der Waals surface area contributed by atoms with Crippen LogP contribution in [0.1, 0.15) is 63.0 Å². The number of para-hydroxylation sites is 1. The van der Waals surface area contributed by atoms with Gasteiger partial charge in [-0.05, 0) is 62.3 Å². The van der Waals surface area contributed by atoms with E-state index in [4.69, 9.17) is 0 Å². The van der Waals surface area contributed by atoms with Crippen LogP contribution in [0.15, 0.2) is 42.6 Å². The van der Waals surface area contributed by atoms with Gasteiger partial charge in [0.1, 0.15) is 5.82 Å². The molecular weight excluding hydrogens is 396 g/mol. The number of pyridine rings is 1. The molecule has 1 aliphatic heterocycles. The van der Waals surface area contributed by atoms with Crippen LogP contribution in [-0.2, 0) is 11.2 Å². The Morgan fingerprint density at radius 2 is 1.81 bits per heavy atom. The van der Waals surface area contributed by atoms with Crippen LogP contribution < -0.4 is 10.2 Å². The van der Waals surface area contributed by atoms with Gasteiger partial charge in [0.2, 0.25) is 5.91 Å². The van der Waals surface area contributed by atoms with E-state index >= 15 is 0 Å². The normalized spacial score (nSPS) is 18.4. The molecule has 2 aliphatic rings. The highest BCUT2D eigenvalue weighted by Gasteiger charge is 2.26. The van der Waals surface area contributed by atoms with Gasteiger partial charge in [-0.3, -0.25) is 4.79 Å². The van der Waals surface area contributed by atoms with Crippen LogP contribution in [0, 0.1) is 6.92 Å². The number of hydrogen-bond donors (Lipinski definition) is 1. The van der Waals surface area contributed by atoms with Gasteiger partial charge in [-0.1, -0.05) is 43.5 Å². The van der Waals surface area contributed by atoms with Crippen molar-refractivity contribution in [3.05, 3.63) is 53.7 Å². The molecule has 172 valence electrons. The monoisotopic (exact) mass is 434 g/mol. The van der Waals surface area contributed by atoms with E-state index in [9.17, 15) is 4.79 Å². The van der Waals surface area contributed by atoms with Gasteiger partial charge in [0.25, 0.3) is 0 Å². The number of hydrogen-bond acceptors (Lipinski definition) is 4. The Hall–Kier alpha value is -2.40. The van der Waals surface area contributed by atoms with Crippen molar-refractivity contribution in [3.8, 4) is 0 Å². The van der Waals surface area contributed by atoms with E-state index in [-0.39, 0.29) is 5.91 Å². The summed E-state index contributed by atoms with van der Waals surface area (Å²) >= 11 is 0. The molecule has 1 aromatic heterocycles. The van der Waals surface area contributed by atoms with Crippen LogP contribution in [0.3, 0.4) is 0 Å². The molecule has 0 unspecified atom stereocenters. The summed E-state index contributed by atoms with van der Waals surface area (Å²) in [5, 5.41) is 3.59. The number of piperidine rings is 1. The third-order valence-corrected chi connectivity index (χ3v) is 7.08. The molecule has 5 nitrogen and oxygen atoms in total. The lowest BCUT2D eigenvalue weighted by atomic mass is 9.93. The summed E-state index contributed by atoms with van der Waals surface area (Å²) in [5.74, 6) is 1.16. The van der Waals surface area contributed by atoms with Crippen molar-refractivity contribution in [2.75, 3.05) is 29.9 Å². The second-order valence-electron chi connectivity index (χ2n) is 9.54. The van der Waals surface area contributed by atoms with Gasteiger partial charge >= 0.3 is 0 Å². The molecule has 1 aliphatic carbocycles. The van der Waals surface area contributed by atoms with Gasteiger partial charge in [-0.25, -0.2) is 4.98 Å². The highest BCUT2D eigenvalue weighted by molar-refractivity contribution is 5.93. The lowest BCUT2D eigenvalue weighted by Crippen LogP contribution is -2.41. The minimum atomic E-state index is 0.181. The number of benzene rings is 1. The second kappa shape index (κ2) is 11.0. The SMILES string of the molecule is CC(=O)N(c1ccccc1CCN1CCC(Nc2ccc(C)cn2)CC1)C1CCCCC1. The first-order chi connectivity index (χ1) is 15.6. The zero-order valence-corrected chi connectivity index (χ0v) is 19.7. The standard InChI is InChI=1S/C27H38N4O/c1-21-12-13-27(28-20-21)29-24-15-18-30(19-16-24)17-14-23-8-6-7-11-26(23)31(22(2)32)25-9-4-3-5-10-25/h6-8,11-13,20,24-25H,3-5,9-10,14-19H2,1-2H3,(H,28,29). The molecule has 2 aromatic rings. The summed E-state index contributed by atoms with van der Waals surface area (Å²) in [6.07, 6.45) is 11.2. The molecule has 0 radical (unpaired) electrons. The van der Waals surface area contributed by atoms with Crippen LogP contribution in [0.2, 0.25) is 0 Å². The average Bonchev–Trinajstić information content (AvgIpc) is 2.81. The molecule has 32 heavy (non-hydrogen) atoms. The van der Waals surface area contributed by atoms with E-state index < -0.39 is 0 Å². The molecule has 1 saturated heterocycles. The Kier molecular flexibility index (Phi) is 7.80. The van der Waals surface area contributed by atoms with Crippen molar-refractivity contribution in [1.82, 2.24) is 9.88 Å². The maximum atomic E-state index is 12.6. The minimum Gasteiger partial charge on any atom is -0.367 e. The number of anilines is 2. The van der Waals surface area contributed by atoms with Gasteiger partial charge in [0.15, 0.2) is 0 Å². The Labute approximate surface area is 193 Å². The van der Waals surface area contributed by atoms with Gasteiger partial charge < -0.3 is 15.1 Å². The molecule has 0 bridgehead atoms.